The fourth-order valence-corrected chi connectivity index (χ4v) is 5.95. The Labute approximate surface area is 195 Å². The highest BCUT2D eigenvalue weighted by molar-refractivity contribution is 6.08. The number of carbonyl (C=O) groups excluding carboxylic acids is 1. The Morgan fingerprint density at radius 3 is 2.65 bits per heavy atom. The predicted octanol–water partition coefficient (Wildman–Crippen LogP) is 5.15. The highest BCUT2D eigenvalue weighted by atomic mass is 19.4. The number of amides is 1. The Hall–Kier alpha value is -3.13. The summed E-state index contributed by atoms with van der Waals surface area (Å²) in [5.41, 5.74) is 4.99. The third-order valence-electron chi connectivity index (χ3n) is 7.57. The number of hydrogen-bond donors (Lipinski definition) is 1. The molecule has 3 aliphatic rings. The van der Waals surface area contributed by atoms with Crippen LogP contribution in [0.15, 0.2) is 42.6 Å². The van der Waals surface area contributed by atoms with E-state index in [1.807, 2.05) is 13.0 Å². The molecular formula is C26H25F3N4O. The Morgan fingerprint density at radius 1 is 1.12 bits per heavy atom. The molecular weight excluding hydrogens is 441 g/mol. The monoisotopic (exact) mass is 466 g/mol. The number of carbonyl (C=O) groups is 1. The second kappa shape index (κ2) is 7.43. The molecule has 1 amide bonds. The van der Waals surface area contributed by atoms with E-state index in [-0.39, 0.29) is 11.9 Å². The summed E-state index contributed by atoms with van der Waals surface area (Å²) in [7, 11) is 2.10. The van der Waals surface area contributed by atoms with Crippen molar-refractivity contribution >= 4 is 28.1 Å². The molecule has 5 nitrogen and oxygen atoms in total. The van der Waals surface area contributed by atoms with Crippen LogP contribution in [0.4, 0.5) is 18.9 Å². The molecule has 176 valence electrons. The lowest BCUT2D eigenvalue weighted by Gasteiger charge is -2.33. The molecule has 1 saturated heterocycles. The number of pyridine rings is 1. The van der Waals surface area contributed by atoms with Crippen molar-refractivity contribution in [1.82, 2.24) is 14.9 Å². The average Bonchev–Trinajstić information content (AvgIpc) is 3.31. The first-order valence-corrected chi connectivity index (χ1v) is 11.7. The number of fused-ring (bicyclic) bond motifs is 6. The third-order valence-corrected chi connectivity index (χ3v) is 7.57. The van der Waals surface area contributed by atoms with Gasteiger partial charge in [0.05, 0.1) is 16.8 Å². The average molecular weight is 467 g/mol. The van der Waals surface area contributed by atoms with Crippen LogP contribution in [-0.2, 0) is 24.4 Å². The van der Waals surface area contributed by atoms with E-state index >= 15 is 0 Å². The zero-order valence-electron chi connectivity index (χ0n) is 19.0. The van der Waals surface area contributed by atoms with Crippen molar-refractivity contribution in [2.24, 2.45) is 7.05 Å². The Morgan fingerprint density at radius 2 is 1.94 bits per heavy atom. The van der Waals surface area contributed by atoms with Gasteiger partial charge in [-0.25, -0.2) is 0 Å². The minimum Gasteiger partial charge on any atom is -0.347 e. The second-order valence-electron chi connectivity index (χ2n) is 9.68. The van der Waals surface area contributed by atoms with Crippen LogP contribution in [0.1, 0.15) is 54.7 Å². The fourth-order valence-electron chi connectivity index (χ4n) is 5.95. The number of aryl methyl sites for hydroxylation is 1. The van der Waals surface area contributed by atoms with Gasteiger partial charge in [0.15, 0.2) is 0 Å². The first-order valence-electron chi connectivity index (χ1n) is 11.7. The van der Waals surface area contributed by atoms with Crippen LogP contribution in [-0.4, -0.2) is 27.5 Å². The van der Waals surface area contributed by atoms with Crippen molar-refractivity contribution in [3.63, 3.8) is 0 Å². The summed E-state index contributed by atoms with van der Waals surface area (Å²) in [6.07, 6.45) is 1.80. The standard InChI is InChI=1S/C26H25F3N4O/c1-14-9-15(20-7-3-16(13-30-20)26(27,28)29)10-24(34)33(14)18-5-6-19-22(12-18)32(2)23-11-17-4-8-21(31-17)25(19)23/h3,5-7,10,12-14,17,21,31H,4,8-9,11H2,1-2H3. The smallest absolute Gasteiger partial charge is 0.347 e. The molecule has 0 saturated carbocycles. The van der Waals surface area contributed by atoms with Gasteiger partial charge < -0.3 is 14.8 Å². The quantitative estimate of drug-likeness (QED) is 0.568. The van der Waals surface area contributed by atoms with E-state index in [4.69, 9.17) is 0 Å². The summed E-state index contributed by atoms with van der Waals surface area (Å²) in [6.45, 7) is 1.96. The molecule has 5 heterocycles. The van der Waals surface area contributed by atoms with Gasteiger partial charge >= 0.3 is 6.18 Å². The van der Waals surface area contributed by atoms with E-state index in [0.29, 0.717) is 29.8 Å². The Balaban J connectivity index is 1.33. The lowest BCUT2D eigenvalue weighted by Crippen LogP contribution is -2.40. The molecule has 0 spiro atoms. The van der Waals surface area contributed by atoms with Gasteiger partial charge in [-0.3, -0.25) is 9.78 Å². The van der Waals surface area contributed by atoms with Gasteiger partial charge in [-0.1, -0.05) is 6.07 Å². The number of hydrogen-bond acceptors (Lipinski definition) is 3. The van der Waals surface area contributed by atoms with Crippen LogP contribution in [0.25, 0.3) is 16.5 Å². The fraction of sp³-hybridized carbons (Fsp3) is 0.385. The van der Waals surface area contributed by atoms with Crippen molar-refractivity contribution in [2.75, 3.05) is 4.90 Å². The topological polar surface area (TPSA) is 50.2 Å². The molecule has 3 atom stereocenters. The zero-order valence-corrected chi connectivity index (χ0v) is 19.0. The van der Waals surface area contributed by atoms with E-state index in [1.54, 1.807) is 4.90 Å². The van der Waals surface area contributed by atoms with Crippen molar-refractivity contribution in [1.29, 1.82) is 0 Å². The van der Waals surface area contributed by atoms with Crippen LogP contribution in [0.2, 0.25) is 0 Å². The first kappa shape index (κ1) is 21.4. The molecule has 1 aromatic carbocycles. The van der Waals surface area contributed by atoms with E-state index < -0.39 is 11.7 Å². The SMILES string of the molecule is CC1CC(c2ccc(C(F)(F)F)cn2)=CC(=O)N1c1ccc2c3c(n(C)c2c1)CC1CCC3N1. The van der Waals surface area contributed by atoms with Crippen molar-refractivity contribution in [3.05, 3.63) is 65.1 Å². The molecule has 3 unspecified atom stereocenters. The number of anilines is 1. The highest BCUT2D eigenvalue weighted by Gasteiger charge is 2.36. The predicted molar refractivity (Wildman–Crippen MR) is 124 cm³/mol. The Kier molecular flexibility index (Phi) is 4.68. The van der Waals surface area contributed by atoms with Crippen LogP contribution in [0.5, 0.6) is 0 Å². The first-order chi connectivity index (χ1) is 16.2. The summed E-state index contributed by atoms with van der Waals surface area (Å²) in [5, 5.41) is 4.96. The van der Waals surface area contributed by atoms with Gasteiger partial charge in [0.1, 0.15) is 0 Å². The third kappa shape index (κ3) is 3.27. The molecule has 2 bridgehead atoms. The largest absolute Gasteiger partial charge is 0.417 e. The summed E-state index contributed by atoms with van der Waals surface area (Å²) in [4.78, 5) is 18.9. The van der Waals surface area contributed by atoms with Crippen molar-refractivity contribution < 1.29 is 18.0 Å². The molecule has 34 heavy (non-hydrogen) atoms. The maximum Gasteiger partial charge on any atom is 0.417 e. The molecule has 0 aliphatic carbocycles. The molecule has 2 aromatic heterocycles. The van der Waals surface area contributed by atoms with Crippen LogP contribution in [0, 0.1) is 0 Å². The number of rotatable bonds is 2. The number of nitrogens with one attached hydrogen (secondary N) is 1. The molecule has 6 rings (SSSR count). The van der Waals surface area contributed by atoms with Crippen LogP contribution >= 0.6 is 0 Å². The summed E-state index contributed by atoms with van der Waals surface area (Å²) < 4.78 is 40.9. The molecule has 3 aliphatic heterocycles. The molecule has 0 radical (unpaired) electrons. The summed E-state index contributed by atoms with van der Waals surface area (Å²) in [6, 6.07) is 9.37. The lowest BCUT2D eigenvalue weighted by atomic mass is 9.96. The summed E-state index contributed by atoms with van der Waals surface area (Å²) in [5.74, 6) is -0.186. The maximum absolute atomic E-state index is 13.2. The van der Waals surface area contributed by atoms with Gasteiger partial charge in [0.25, 0.3) is 5.91 Å². The highest BCUT2D eigenvalue weighted by Crippen LogP contribution is 2.42. The lowest BCUT2D eigenvalue weighted by molar-refractivity contribution is -0.137. The van der Waals surface area contributed by atoms with Crippen molar-refractivity contribution in [3.8, 4) is 0 Å². The number of aromatic nitrogens is 2. The number of benzene rings is 1. The minimum absolute atomic E-state index is 0.151. The van der Waals surface area contributed by atoms with E-state index in [1.165, 1.54) is 35.2 Å². The summed E-state index contributed by atoms with van der Waals surface area (Å²) >= 11 is 0. The zero-order chi connectivity index (χ0) is 23.8. The van der Waals surface area contributed by atoms with Gasteiger partial charge in [-0.05, 0) is 61.6 Å². The maximum atomic E-state index is 13.2. The minimum atomic E-state index is -4.43. The van der Waals surface area contributed by atoms with Crippen LogP contribution in [0.3, 0.4) is 0 Å². The van der Waals surface area contributed by atoms with E-state index in [0.717, 1.165) is 36.3 Å². The van der Waals surface area contributed by atoms with Gasteiger partial charge in [-0.2, -0.15) is 13.2 Å². The van der Waals surface area contributed by atoms with Crippen molar-refractivity contribution in [2.45, 2.75) is 56.9 Å². The number of alkyl halides is 3. The number of halogens is 3. The molecule has 8 heteroatoms. The van der Waals surface area contributed by atoms with Gasteiger partial charge in [-0.15, -0.1) is 0 Å². The van der Waals surface area contributed by atoms with E-state index in [9.17, 15) is 18.0 Å². The van der Waals surface area contributed by atoms with Gasteiger partial charge in [0, 0.05) is 60.6 Å². The molecule has 1 fully saturated rings. The van der Waals surface area contributed by atoms with E-state index in [2.05, 4.69) is 34.0 Å². The molecule has 1 N–H and O–H groups in total. The second-order valence-corrected chi connectivity index (χ2v) is 9.68. The van der Waals surface area contributed by atoms with Crippen LogP contribution < -0.4 is 10.2 Å². The number of nitrogens with zero attached hydrogens (tertiary/aromatic N) is 3. The Bertz CT molecular complexity index is 1340. The normalized spacial score (nSPS) is 24.5. The van der Waals surface area contributed by atoms with Gasteiger partial charge in [0.2, 0.25) is 0 Å². The molecule has 3 aromatic rings.